The van der Waals surface area contributed by atoms with Crippen LogP contribution in [0.5, 0.6) is 0 Å². The molecular formula is C16H28N2O3. The Balaban J connectivity index is 1.95. The van der Waals surface area contributed by atoms with E-state index in [0.29, 0.717) is 25.8 Å². The summed E-state index contributed by atoms with van der Waals surface area (Å²) in [4.78, 5) is 25.6. The molecule has 1 saturated carbocycles. The summed E-state index contributed by atoms with van der Waals surface area (Å²) < 4.78 is 0. The fourth-order valence-electron chi connectivity index (χ4n) is 3.90. The van der Waals surface area contributed by atoms with Crippen LogP contribution in [0.4, 0.5) is 0 Å². The van der Waals surface area contributed by atoms with Crippen LogP contribution < -0.4 is 5.32 Å². The van der Waals surface area contributed by atoms with Gasteiger partial charge in [0.1, 0.15) is 0 Å². The highest BCUT2D eigenvalue weighted by atomic mass is 16.4. The monoisotopic (exact) mass is 296 g/mol. The van der Waals surface area contributed by atoms with Crippen molar-refractivity contribution >= 4 is 11.9 Å². The van der Waals surface area contributed by atoms with Gasteiger partial charge in [-0.1, -0.05) is 19.3 Å². The third kappa shape index (κ3) is 3.76. The SMILES string of the molecule is CNC1(CC(=O)N2CCC(C(=O)O)CC2C)CCCCC1. The minimum absolute atomic E-state index is 0.0323. The first-order valence-electron chi connectivity index (χ1n) is 8.18. The van der Waals surface area contributed by atoms with Gasteiger partial charge in [0, 0.05) is 24.5 Å². The van der Waals surface area contributed by atoms with Gasteiger partial charge in [0.05, 0.1) is 5.92 Å². The summed E-state index contributed by atoms with van der Waals surface area (Å²) in [5.41, 5.74) is -0.0430. The number of rotatable bonds is 4. The second kappa shape index (κ2) is 6.77. The maximum Gasteiger partial charge on any atom is 0.306 e. The van der Waals surface area contributed by atoms with Gasteiger partial charge in [0.2, 0.25) is 5.91 Å². The highest BCUT2D eigenvalue weighted by Crippen LogP contribution is 2.32. The van der Waals surface area contributed by atoms with Crippen LogP contribution in [0.25, 0.3) is 0 Å². The predicted molar refractivity (Wildman–Crippen MR) is 81.0 cm³/mol. The van der Waals surface area contributed by atoms with Crippen molar-refractivity contribution in [3.05, 3.63) is 0 Å². The van der Waals surface area contributed by atoms with Crippen LogP contribution in [0.2, 0.25) is 0 Å². The Kier molecular flexibility index (Phi) is 5.25. The van der Waals surface area contributed by atoms with Crippen molar-refractivity contribution in [1.29, 1.82) is 0 Å². The molecule has 0 radical (unpaired) electrons. The number of hydrogen-bond donors (Lipinski definition) is 2. The van der Waals surface area contributed by atoms with E-state index in [4.69, 9.17) is 5.11 Å². The molecule has 0 aromatic carbocycles. The Morgan fingerprint density at radius 2 is 1.95 bits per heavy atom. The quantitative estimate of drug-likeness (QED) is 0.832. The Morgan fingerprint density at radius 3 is 2.48 bits per heavy atom. The van der Waals surface area contributed by atoms with E-state index >= 15 is 0 Å². The van der Waals surface area contributed by atoms with Crippen LogP contribution in [-0.4, -0.2) is 47.1 Å². The summed E-state index contributed by atoms with van der Waals surface area (Å²) >= 11 is 0. The molecule has 0 spiro atoms. The second-order valence-electron chi connectivity index (χ2n) is 6.76. The number of carbonyl (C=O) groups is 2. The lowest BCUT2D eigenvalue weighted by Gasteiger charge is -2.41. The molecule has 1 aliphatic heterocycles. The van der Waals surface area contributed by atoms with E-state index in [0.717, 1.165) is 12.8 Å². The molecule has 1 aliphatic carbocycles. The van der Waals surface area contributed by atoms with Crippen molar-refractivity contribution in [3.63, 3.8) is 0 Å². The molecule has 0 aromatic heterocycles. The zero-order chi connectivity index (χ0) is 15.5. The average molecular weight is 296 g/mol. The van der Waals surface area contributed by atoms with Crippen molar-refractivity contribution in [2.75, 3.05) is 13.6 Å². The molecule has 1 amide bonds. The zero-order valence-electron chi connectivity index (χ0n) is 13.2. The number of carboxylic acids is 1. The van der Waals surface area contributed by atoms with Crippen molar-refractivity contribution in [2.45, 2.75) is 69.9 Å². The number of carboxylic acid groups (broad SMARTS) is 1. The smallest absolute Gasteiger partial charge is 0.306 e. The highest BCUT2D eigenvalue weighted by molar-refractivity contribution is 5.78. The van der Waals surface area contributed by atoms with Gasteiger partial charge in [-0.25, -0.2) is 0 Å². The molecular weight excluding hydrogens is 268 g/mol. The van der Waals surface area contributed by atoms with E-state index in [1.165, 1.54) is 19.3 Å². The third-order valence-corrected chi connectivity index (χ3v) is 5.38. The van der Waals surface area contributed by atoms with Gasteiger partial charge in [0.25, 0.3) is 0 Å². The summed E-state index contributed by atoms with van der Waals surface area (Å²) in [6.45, 7) is 2.55. The number of carbonyl (C=O) groups excluding carboxylic acids is 1. The molecule has 1 heterocycles. The van der Waals surface area contributed by atoms with Crippen LogP contribution in [-0.2, 0) is 9.59 Å². The third-order valence-electron chi connectivity index (χ3n) is 5.38. The molecule has 5 heteroatoms. The van der Waals surface area contributed by atoms with Crippen LogP contribution in [0.3, 0.4) is 0 Å². The van der Waals surface area contributed by atoms with E-state index in [1.807, 2.05) is 18.9 Å². The van der Waals surface area contributed by atoms with E-state index in [-0.39, 0.29) is 23.4 Å². The molecule has 120 valence electrons. The van der Waals surface area contributed by atoms with Gasteiger partial charge in [-0.3, -0.25) is 9.59 Å². The standard InChI is InChI=1S/C16H28N2O3/c1-12-10-13(15(20)21)6-9-18(12)14(19)11-16(17-2)7-4-3-5-8-16/h12-13,17H,3-11H2,1-2H3,(H,20,21). The first kappa shape index (κ1) is 16.3. The summed E-state index contributed by atoms with van der Waals surface area (Å²) in [5, 5.41) is 12.5. The molecule has 5 nitrogen and oxygen atoms in total. The number of amides is 1. The van der Waals surface area contributed by atoms with Crippen molar-refractivity contribution in [3.8, 4) is 0 Å². The van der Waals surface area contributed by atoms with Crippen molar-refractivity contribution < 1.29 is 14.7 Å². The zero-order valence-corrected chi connectivity index (χ0v) is 13.2. The number of piperidine rings is 1. The molecule has 0 bridgehead atoms. The van der Waals surface area contributed by atoms with Gasteiger partial charge in [-0.15, -0.1) is 0 Å². The average Bonchev–Trinajstić information content (AvgIpc) is 2.47. The van der Waals surface area contributed by atoms with Crippen LogP contribution in [0.15, 0.2) is 0 Å². The molecule has 2 atom stereocenters. The Labute approximate surface area is 127 Å². The summed E-state index contributed by atoms with van der Waals surface area (Å²) in [6, 6.07) is 0.0323. The highest BCUT2D eigenvalue weighted by Gasteiger charge is 2.37. The van der Waals surface area contributed by atoms with E-state index < -0.39 is 5.97 Å². The van der Waals surface area contributed by atoms with Gasteiger partial charge < -0.3 is 15.3 Å². The number of nitrogens with zero attached hydrogens (tertiary/aromatic N) is 1. The molecule has 2 rings (SSSR count). The first-order valence-corrected chi connectivity index (χ1v) is 8.18. The topological polar surface area (TPSA) is 69.6 Å². The van der Waals surface area contributed by atoms with E-state index in [1.54, 1.807) is 0 Å². The van der Waals surface area contributed by atoms with Crippen LogP contribution in [0, 0.1) is 5.92 Å². The van der Waals surface area contributed by atoms with Gasteiger partial charge in [-0.05, 0) is 39.7 Å². The van der Waals surface area contributed by atoms with E-state index in [2.05, 4.69) is 5.32 Å². The van der Waals surface area contributed by atoms with Crippen molar-refractivity contribution in [2.24, 2.45) is 5.92 Å². The summed E-state index contributed by atoms with van der Waals surface area (Å²) in [7, 11) is 1.96. The molecule has 2 N–H and O–H groups in total. The Bertz CT molecular complexity index is 391. The number of likely N-dealkylation sites (tertiary alicyclic amines) is 1. The van der Waals surface area contributed by atoms with E-state index in [9.17, 15) is 9.59 Å². The number of nitrogens with one attached hydrogen (secondary N) is 1. The molecule has 21 heavy (non-hydrogen) atoms. The summed E-state index contributed by atoms with van der Waals surface area (Å²) in [6.07, 6.45) is 7.47. The lowest BCUT2D eigenvalue weighted by molar-refractivity contribution is -0.148. The van der Waals surface area contributed by atoms with Gasteiger partial charge in [-0.2, -0.15) is 0 Å². The predicted octanol–water partition coefficient (Wildman–Crippen LogP) is 2.01. The first-order chi connectivity index (χ1) is 9.97. The molecule has 2 unspecified atom stereocenters. The Hall–Kier alpha value is -1.10. The van der Waals surface area contributed by atoms with Gasteiger partial charge >= 0.3 is 5.97 Å². The fraction of sp³-hybridized carbons (Fsp3) is 0.875. The van der Waals surface area contributed by atoms with Gasteiger partial charge in [0.15, 0.2) is 0 Å². The minimum Gasteiger partial charge on any atom is -0.481 e. The van der Waals surface area contributed by atoms with Crippen LogP contribution >= 0.6 is 0 Å². The molecule has 2 fully saturated rings. The summed E-state index contributed by atoms with van der Waals surface area (Å²) in [5.74, 6) is -0.840. The lowest BCUT2D eigenvalue weighted by atomic mass is 9.78. The number of aliphatic carboxylic acids is 1. The largest absolute Gasteiger partial charge is 0.481 e. The minimum atomic E-state index is -0.729. The Morgan fingerprint density at radius 1 is 1.29 bits per heavy atom. The maximum absolute atomic E-state index is 12.7. The lowest BCUT2D eigenvalue weighted by Crippen LogP contribution is -2.52. The number of hydrogen-bond acceptors (Lipinski definition) is 3. The molecule has 1 saturated heterocycles. The van der Waals surface area contributed by atoms with Crippen molar-refractivity contribution in [1.82, 2.24) is 10.2 Å². The molecule has 2 aliphatic rings. The normalized spacial score (nSPS) is 29.1. The molecule has 0 aromatic rings. The second-order valence-corrected chi connectivity index (χ2v) is 6.76. The van der Waals surface area contributed by atoms with Crippen LogP contribution in [0.1, 0.15) is 58.3 Å². The fourth-order valence-corrected chi connectivity index (χ4v) is 3.90. The maximum atomic E-state index is 12.7.